The number of nitrogens with two attached hydrogens (primary N) is 3. The molecule has 0 aliphatic heterocycles. The smallest absolute Gasteiger partial charge is 0.0794 e. The zero-order valence-electron chi connectivity index (χ0n) is 14.4. The van der Waals surface area contributed by atoms with Gasteiger partial charge in [0.1, 0.15) is 0 Å². The molecule has 0 bridgehead atoms. The third-order valence-corrected chi connectivity index (χ3v) is 4.83. The first-order valence-electron chi connectivity index (χ1n) is 8.63. The fourth-order valence-electron chi connectivity index (χ4n) is 3.44. The first kappa shape index (κ1) is 16.0. The minimum atomic E-state index is 0.451. The van der Waals surface area contributed by atoms with Crippen LogP contribution in [-0.4, -0.2) is 0 Å². The van der Waals surface area contributed by atoms with Crippen LogP contribution in [0.3, 0.4) is 0 Å². The van der Waals surface area contributed by atoms with E-state index in [0.29, 0.717) is 17.1 Å². The van der Waals surface area contributed by atoms with Gasteiger partial charge in [0.05, 0.1) is 17.1 Å². The van der Waals surface area contributed by atoms with Crippen LogP contribution >= 0.6 is 0 Å². The molecule has 0 saturated carbocycles. The molecule has 0 aromatic heterocycles. The quantitative estimate of drug-likeness (QED) is 0.467. The summed E-state index contributed by atoms with van der Waals surface area (Å²) in [5.74, 6) is 0. The molecule has 6 N–H and O–H groups in total. The SMILES string of the molecule is Nc1c(N)c(-c2ccc(Cc3ccccc3)cc2)c2ccccc2c1N. The van der Waals surface area contributed by atoms with E-state index >= 15 is 0 Å². The van der Waals surface area contributed by atoms with Crippen molar-refractivity contribution >= 4 is 27.8 Å². The highest BCUT2D eigenvalue weighted by atomic mass is 14.7. The summed E-state index contributed by atoms with van der Waals surface area (Å²) in [5, 5.41) is 1.95. The van der Waals surface area contributed by atoms with Gasteiger partial charge in [-0.2, -0.15) is 0 Å². The topological polar surface area (TPSA) is 78.1 Å². The Morgan fingerprint density at radius 3 is 1.77 bits per heavy atom. The van der Waals surface area contributed by atoms with Gasteiger partial charge >= 0.3 is 0 Å². The summed E-state index contributed by atoms with van der Waals surface area (Å²) in [7, 11) is 0. The van der Waals surface area contributed by atoms with E-state index in [1.807, 2.05) is 30.3 Å². The highest BCUT2D eigenvalue weighted by Crippen LogP contribution is 2.42. The van der Waals surface area contributed by atoms with E-state index in [1.54, 1.807) is 0 Å². The molecule has 0 amide bonds. The van der Waals surface area contributed by atoms with Gasteiger partial charge < -0.3 is 17.2 Å². The predicted molar refractivity (Wildman–Crippen MR) is 112 cm³/mol. The summed E-state index contributed by atoms with van der Waals surface area (Å²) in [5.41, 5.74) is 24.7. The highest BCUT2D eigenvalue weighted by molar-refractivity contribution is 6.13. The van der Waals surface area contributed by atoms with E-state index in [-0.39, 0.29) is 0 Å². The molecule has 4 rings (SSSR count). The monoisotopic (exact) mass is 339 g/mol. The average Bonchev–Trinajstić information content (AvgIpc) is 2.68. The van der Waals surface area contributed by atoms with Crippen LogP contribution in [0.15, 0.2) is 78.9 Å². The molecule has 3 heteroatoms. The van der Waals surface area contributed by atoms with Crippen molar-refractivity contribution in [3.8, 4) is 11.1 Å². The molecule has 0 radical (unpaired) electrons. The zero-order valence-corrected chi connectivity index (χ0v) is 14.4. The van der Waals surface area contributed by atoms with Crippen LogP contribution in [0.25, 0.3) is 21.9 Å². The Morgan fingerprint density at radius 2 is 1.08 bits per heavy atom. The van der Waals surface area contributed by atoms with Gasteiger partial charge in [-0.25, -0.2) is 0 Å². The molecule has 0 aliphatic rings. The van der Waals surface area contributed by atoms with Crippen molar-refractivity contribution in [2.75, 3.05) is 17.2 Å². The van der Waals surface area contributed by atoms with E-state index in [1.165, 1.54) is 11.1 Å². The molecule has 0 aliphatic carbocycles. The van der Waals surface area contributed by atoms with E-state index in [9.17, 15) is 0 Å². The maximum Gasteiger partial charge on any atom is 0.0794 e. The van der Waals surface area contributed by atoms with Gasteiger partial charge in [-0.15, -0.1) is 0 Å². The van der Waals surface area contributed by atoms with Gasteiger partial charge in [0.2, 0.25) is 0 Å². The Hall–Kier alpha value is -3.46. The summed E-state index contributed by atoms with van der Waals surface area (Å²) >= 11 is 0. The van der Waals surface area contributed by atoms with Crippen LogP contribution in [0.5, 0.6) is 0 Å². The predicted octanol–water partition coefficient (Wildman–Crippen LogP) is 4.84. The number of rotatable bonds is 3. The number of anilines is 3. The summed E-state index contributed by atoms with van der Waals surface area (Å²) in [4.78, 5) is 0. The summed E-state index contributed by atoms with van der Waals surface area (Å²) in [6.07, 6.45) is 0.904. The first-order chi connectivity index (χ1) is 12.6. The largest absolute Gasteiger partial charge is 0.396 e. The number of hydrogen-bond acceptors (Lipinski definition) is 3. The first-order valence-corrected chi connectivity index (χ1v) is 8.63. The Balaban J connectivity index is 1.79. The van der Waals surface area contributed by atoms with Crippen LogP contribution in [0.2, 0.25) is 0 Å². The average molecular weight is 339 g/mol. The Bertz CT molecular complexity index is 1070. The van der Waals surface area contributed by atoms with Crippen molar-refractivity contribution < 1.29 is 0 Å². The van der Waals surface area contributed by atoms with E-state index in [0.717, 1.165) is 28.3 Å². The second kappa shape index (κ2) is 6.45. The molecule has 0 saturated heterocycles. The van der Waals surface area contributed by atoms with Gasteiger partial charge in [0.15, 0.2) is 0 Å². The standard InChI is InChI=1S/C23H21N3/c24-21-19-9-5-4-8-18(19)20(22(25)23(21)26)17-12-10-16(11-13-17)14-15-6-2-1-3-7-15/h1-13H,14,24-26H2. The zero-order chi connectivity index (χ0) is 18.1. The Morgan fingerprint density at radius 1 is 0.500 bits per heavy atom. The molecule has 4 aromatic carbocycles. The summed E-state index contributed by atoms with van der Waals surface area (Å²) < 4.78 is 0. The molecule has 0 heterocycles. The van der Waals surface area contributed by atoms with Crippen LogP contribution in [0.1, 0.15) is 11.1 Å². The molecular formula is C23H21N3. The van der Waals surface area contributed by atoms with Crippen molar-refractivity contribution in [3.63, 3.8) is 0 Å². The number of benzene rings is 4. The van der Waals surface area contributed by atoms with E-state index in [2.05, 4.69) is 48.5 Å². The normalized spacial score (nSPS) is 10.9. The van der Waals surface area contributed by atoms with Crippen molar-refractivity contribution in [3.05, 3.63) is 90.0 Å². The molecule has 4 aromatic rings. The van der Waals surface area contributed by atoms with Gasteiger partial charge in [-0.3, -0.25) is 0 Å². The van der Waals surface area contributed by atoms with Gasteiger partial charge in [-0.05, 0) is 28.5 Å². The molecule has 26 heavy (non-hydrogen) atoms. The molecule has 0 unspecified atom stereocenters. The maximum absolute atomic E-state index is 6.34. The fourth-order valence-corrected chi connectivity index (χ4v) is 3.44. The van der Waals surface area contributed by atoms with E-state index < -0.39 is 0 Å². The highest BCUT2D eigenvalue weighted by Gasteiger charge is 2.15. The molecule has 0 spiro atoms. The van der Waals surface area contributed by atoms with Crippen LogP contribution < -0.4 is 17.2 Å². The number of hydrogen-bond donors (Lipinski definition) is 3. The Labute approximate surface area is 153 Å². The molecule has 0 fully saturated rings. The summed E-state index contributed by atoms with van der Waals surface area (Å²) in [6.45, 7) is 0. The van der Waals surface area contributed by atoms with Crippen molar-refractivity contribution in [2.45, 2.75) is 6.42 Å². The number of nitrogen functional groups attached to an aromatic ring is 3. The molecule has 3 nitrogen and oxygen atoms in total. The molecular weight excluding hydrogens is 318 g/mol. The minimum absolute atomic E-state index is 0.451. The lowest BCUT2D eigenvalue weighted by molar-refractivity contribution is 1.19. The third-order valence-electron chi connectivity index (χ3n) is 4.83. The lowest BCUT2D eigenvalue weighted by Crippen LogP contribution is -2.03. The van der Waals surface area contributed by atoms with Crippen molar-refractivity contribution in [1.29, 1.82) is 0 Å². The van der Waals surface area contributed by atoms with Gasteiger partial charge in [-0.1, -0.05) is 78.9 Å². The third kappa shape index (κ3) is 2.74. The summed E-state index contributed by atoms with van der Waals surface area (Å²) in [6, 6.07) is 26.9. The Kier molecular flexibility index (Phi) is 3.98. The van der Waals surface area contributed by atoms with Crippen LogP contribution in [-0.2, 0) is 6.42 Å². The molecule has 128 valence electrons. The van der Waals surface area contributed by atoms with Crippen molar-refractivity contribution in [2.24, 2.45) is 0 Å². The second-order valence-electron chi connectivity index (χ2n) is 6.52. The van der Waals surface area contributed by atoms with Gasteiger partial charge in [0.25, 0.3) is 0 Å². The van der Waals surface area contributed by atoms with Gasteiger partial charge in [0, 0.05) is 10.9 Å². The lowest BCUT2D eigenvalue weighted by atomic mass is 9.93. The fraction of sp³-hybridized carbons (Fsp3) is 0.0435. The van der Waals surface area contributed by atoms with E-state index in [4.69, 9.17) is 17.2 Å². The molecule has 0 atom stereocenters. The maximum atomic E-state index is 6.34. The number of fused-ring (bicyclic) bond motifs is 1. The second-order valence-corrected chi connectivity index (χ2v) is 6.52. The van der Waals surface area contributed by atoms with Crippen molar-refractivity contribution in [1.82, 2.24) is 0 Å². The lowest BCUT2D eigenvalue weighted by Gasteiger charge is -2.16. The van der Waals surface area contributed by atoms with Crippen LogP contribution in [0, 0.1) is 0 Å². The van der Waals surface area contributed by atoms with Crippen LogP contribution in [0.4, 0.5) is 17.1 Å². The minimum Gasteiger partial charge on any atom is -0.396 e.